The highest BCUT2D eigenvalue weighted by molar-refractivity contribution is 6.65. The first-order valence-electron chi connectivity index (χ1n) is 4.86. The Morgan fingerprint density at radius 3 is 2.56 bits per heavy atom. The monoisotopic (exact) mass is 240 g/mol. The largest absolute Gasteiger partial charge is 0.437 e. The third-order valence-corrected chi connectivity index (χ3v) is 2.22. The Morgan fingerprint density at radius 1 is 1.38 bits per heavy atom. The van der Waals surface area contributed by atoms with Gasteiger partial charge in [-0.2, -0.15) is 0 Å². The van der Waals surface area contributed by atoms with Crippen LogP contribution in [0.5, 0.6) is 0 Å². The molecule has 0 aliphatic heterocycles. The van der Waals surface area contributed by atoms with Crippen LogP contribution in [0.4, 0.5) is 10.5 Å². The molecule has 86 valence electrons. The van der Waals surface area contributed by atoms with E-state index in [9.17, 15) is 4.79 Å². The first kappa shape index (κ1) is 12.5. The van der Waals surface area contributed by atoms with Crippen LogP contribution in [0.25, 0.3) is 0 Å². The van der Waals surface area contributed by atoms with Gasteiger partial charge < -0.3 is 0 Å². The molecule has 1 amide bonds. The molecule has 0 bridgehead atoms. The number of carbonyl (C=O) groups is 1. The van der Waals surface area contributed by atoms with E-state index in [0.29, 0.717) is 5.69 Å². The molecule has 0 saturated heterocycles. The van der Waals surface area contributed by atoms with Crippen LogP contribution in [-0.2, 0) is 4.84 Å². The number of oxime groups is 1. The van der Waals surface area contributed by atoms with Crippen LogP contribution >= 0.6 is 11.6 Å². The molecule has 16 heavy (non-hydrogen) atoms. The maximum atomic E-state index is 11.2. The van der Waals surface area contributed by atoms with E-state index in [2.05, 4.69) is 15.3 Å². The van der Waals surface area contributed by atoms with Crippen molar-refractivity contribution < 1.29 is 9.63 Å². The van der Waals surface area contributed by atoms with Crippen molar-refractivity contribution in [2.45, 2.75) is 13.8 Å². The smallest absolute Gasteiger partial charge is 0.297 e. The van der Waals surface area contributed by atoms with E-state index in [1.54, 1.807) is 24.3 Å². The summed E-state index contributed by atoms with van der Waals surface area (Å²) in [5.74, 6) is 0.0335. The van der Waals surface area contributed by atoms with Crippen LogP contribution in [0.15, 0.2) is 35.5 Å². The van der Waals surface area contributed by atoms with Gasteiger partial charge >= 0.3 is 6.09 Å². The van der Waals surface area contributed by atoms with Crippen molar-refractivity contribution in [1.82, 2.24) is 0 Å². The van der Waals surface area contributed by atoms with Gasteiger partial charge in [-0.3, -0.25) is 10.2 Å². The predicted molar refractivity (Wildman–Crippen MR) is 64.7 cm³/mol. The number of nitrogens with one attached hydrogen (secondary N) is 1. The quantitative estimate of drug-likeness (QED) is 0.500. The van der Waals surface area contributed by atoms with Gasteiger partial charge in [0, 0.05) is 11.6 Å². The van der Waals surface area contributed by atoms with Gasteiger partial charge in [0.15, 0.2) is 0 Å². The number of nitrogens with zero attached hydrogens (tertiary/aromatic N) is 1. The number of amides is 1. The fourth-order valence-corrected chi connectivity index (χ4v) is 0.887. The molecule has 0 saturated carbocycles. The third kappa shape index (κ3) is 4.31. The highest BCUT2D eigenvalue weighted by Gasteiger charge is 2.05. The van der Waals surface area contributed by atoms with Crippen LogP contribution in [0, 0.1) is 5.92 Å². The van der Waals surface area contributed by atoms with Gasteiger partial charge in [0.1, 0.15) is 5.17 Å². The molecule has 0 spiro atoms. The average molecular weight is 241 g/mol. The second-order valence-electron chi connectivity index (χ2n) is 3.44. The number of halogens is 1. The topological polar surface area (TPSA) is 50.7 Å². The van der Waals surface area contributed by atoms with Crippen molar-refractivity contribution in [3.8, 4) is 0 Å². The van der Waals surface area contributed by atoms with Gasteiger partial charge in [0.25, 0.3) is 0 Å². The lowest BCUT2D eigenvalue weighted by atomic mass is 10.2. The highest BCUT2D eigenvalue weighted by Crippen LogP contribution is 2.06. The molecule has 0 aliphatic rings. The molecule has 0 unspecified atom stereocenters. The van der Waals surface area contributed by atoms with E-state index in [1.807, 2.05) is 19.9 Å². The summed E-state index contributed by atoms with van der Waals surface area (Å²) in [4.78, 5) is 15.8. The summed E-state index contributed by atoms with van der Waals surface area (Å²) in [7, 11) is 0. The summed E-state index contributed by atoms with van der Waals surface area (Å²) in [6.45, 7) is 3.70. The summed E-state index contributed by atoms with van der Waals surface area (Å²) in [5.41, 5.74) is 0.642. The molecule has 0 aliphatic carbocycles. The second kappa shape index (κ2) is 6.12. The number of hydrogen-bond acceptors (Lipinski definition) is 3. The first-order valence-corrected chi connectivity index (χ1v) is 5.24. The molecule has 0 fully saturated rings. The first-order chi connectivity index (χ1) is 7.59. The lowest BCUT2D eigenvalue weighted by Gasteiger charge is -2.03. The second-order valence-corrected chi connectivity index (χ2v) is 3.83. The van der Waals surface area contributed by atoms with Gasteiger partial charge in [-0.1, -0.05) is 48.8 Å². The Kier molecular flexibility index (Phi) is 4.79. The Bertz CT molecular complexity index is 377. The van der Waals surface area contributed by atoms with Crippen LogP contribution in [-0.4, -0.2) is 11.3 Å². The molecule has 1 rings (SSSR count). The van der Waals surface area contributed by atoms with Gasteiger partial charge in [0.05, 0.1) is 0 Å². The van der Waals surface area contributed by atoms with Crippen LogP contribution < -0.4 is 5.32 Å². The number of carbonyl (C=O) groups excluding carboxylic acids is 1. The minimum atomic E-state index is -0.662. The molecule has 0 heterocycles. The van der Waals surface area contributed by atoms with E-state index in [-0.39, 0.29) is 11.1 Å². The van der Waals surface area contributed by atoms with E-state index >= 15 is 0 Å². The van der Waals surface area contributed by atoms with Crippen LogP contribution in [0.3, 0.4) is 0 Å². The van der Waals surface area contributed by atoms with Crippen molar-refractivity contribution in [3.05, 3.63) is 30.3 Å². The van der Waals surface area contributed by atoms with Gasteiger partial charge in [0.2, 0.25) is 0 Å². The average Bonchev–Trinajstić information content (AvgIpc) is 2.27. The molecule has 0 atom stereocenters. The zero-order valence-electron chi connectivity index (χ0n) is 9.11. The molecule has 0 aromatic heterocycles. The van der Waals surface area contributed by atoms with Crippen molar-refractivity contribution in [2.24, 2.45) is 11.1 Å². The minimum absolute atomic E-state index is 0.0335. The minimum Gasteiger partial charge on any atom is -0.297 e. The molecule has 5 heteroatoms. The zero-order valence-corrected chi connectivity index (χ0v) is 9.86. The molecule has 1 aromatic rings. The molecule has 1 aromatic carbocycles. The lowest BCUT2D eigenvalue weighted by Crippen LogP contribution is -2.12. The fraction of sp³-hybridized carbons (Fsp3) is 0.273. The van der Waals surface area contributed by atoms with Crippen LogP contribution in [0.1, 0.15) is 13.8 Å². The van der Waals surface area contributed by atoms with Gasteiger partial charge in [-0.25, -0.2) is 4.79 Å². The Balaban J connectivity index is 2.46. The highest BCUT2D eigenvalue weighted by atomic mass is 35.5. The van der Waals surface area contributed by atoms with Gasteiger partial charge in [-0.15, -0.1) is 0 Å². The number of hydrogen-bond donors (Lipinski definition) is 1. The standard InChI is InChI=1S/C11H13ClN2O2/c1-8(2)10(12)14-16-11(15)13-9-6-4-3-5-7-9/h3-8H,1-2H3,(H,13,15)/b14-10-. The van der Waals surface area contributed by atoms with Crippen molar-refractivity contribution in [1.29, 1.82) is 0 Å². The number of rotatable bonds is 3. The molecule has 0 radical (unpaired) electrons. The summed E-state index contributed by atoms with van der Waals surface area (Å²) >= 11 is 5.71. The number of anilines is 1. The Hall–Kier alpha value is -1.55. The third-order valence-electron chi connectivity index (χ3n) is 1.71. The summed E-state index contributed by atoms with van der Waals surface area (Å²) in [6, 6.07) is 8.95. The zero-order chi connectivity index (χ0) is 12.0. The van der Waals surface area contributed by atoms with E-state index in [0.717, 1.165) is 0 Å². The fourth-order valence-electron chi connectivity index (χ4n) is 0.853. The lowest BCUT2D eigenvalue weighted by molar-refractivity contribution is 0.166. The number of para-hydroxylation sites is 1. The normalized spacial score (nSPS) is 11.4. The summed E-state index contributed by atoms with van der Waals surface area (Å²) in [6.07, 6.45) is -0.662. The number of benzene rings is 1. The predicted octanol–water partition coefficient (Wildman–Crippen LogP) is 3.44. The summed E-state index contributed by atoms with van der Waals surface area (Å²) < 4.78 is 0. The van der Waals surface area contributed by atoms with Crippen molar-refractivity contribution in [3.63, 3.8) is 0 Å². The maximum absolute atomic E-state index is 11.2. The van der Waals surface area contributed by atoms with Crippen molar-refractivity contribution in [2.75, 3.05) is 5.32 Å². The van der Waals surface area contributed by atoms with E-state index in [4.69, 9.17) is 11.6 Å². The molecular weight excluding hydrogens is 228 g/mol. The molecular formula is C11H13ClN2O2. The summed E-state index contributed by atoms with van der Waals surface area (Å²) in [5, 5.41) is 6.25. The molecule has 4 nitrogen and oxygen atoms in total. The maximum Gasteiger partial charge on any atom is 0.437 e. The molecule has 1 N–H and O–H groups in total. The van der Waals surface area contributed by atoms with Crippen LogP contribution in [0.2, 0.25) is 0 Å². The van der Waals surface area contributed by atoms with E-state index in [1.165, 1.54) is 0 Å². The Labute approximate surface area is 99.2 Å². The van der Waals surface area contributed by atoms with Gasteiger partial charge in [-0.05, 0) is 12.1 Å². The van der Waals surface area contributed by atoms with E-state index < -0.39 is 6.09 Å². The van der Waals surface area contributed by atoms with Crippen molar-refractivity contribution >= 4 is 28.6 Å². The SMILES string of the molecule is CC(C)/C(Cl)=N/OC(=O)Nc1ccccc1. The Morgan fingerprint density at radius 2 is 2.00 bits per heavy atom.